The quantitative estimate of drug-likeness (QED) is 0.668. The number of carbonyl (C=O) groups is 1. The fourth-order valence-electron chi connectivity index (χ4n) is 3.09. The lowest BCUT2D eigenvalue weighted by Crippen LogP contribution is -2.47. The van der Waals surface area contributed by atoms with Gasteiger partial charge in [-0.3, -0.25) is 4.79 Å². The smallest absolute Gasteiger partial charge is 0.320 e. The maximum atomic E-state index is 11.2. The van der Waals surface area contributed by atoms with Crippen LogP contribution in [0.3, 0.4) is 0 Å². The zero-order valence-corrected chi connectivity index (χ0v) is 14.3. The van der Waals surface area contributed by atoms with Crippen LogP contribution in [0.25, 0.3) is 20.7 Å². The van der Waals surface area contributed by atoms with Crippen molar-refractivity contribution >= 4 is 33.3 Å². The molecule has 7 heteroatoms. The van der Waals surface area contributed by atoms with Crippen LogP contribution >= 0.6 is 11.3 Å². The van der Waals surface area contributed by atoms with E-state index in [-0.39, 0.29) is 6.04 Å². The molecule has 0 amide bonds. The van der Waals surface area contributed by atoms with E-state index in [9.17, 15) is 4.79 Å². The number of nitrogens with zero attached hydrogens (tertiary/aromatic N) is 2. The van der Waals surface area contributed by atoms with Crippen LogP contribution in [-0.4, -0.2) is 39.7 Å². The van der Waals surface area contributed by atoms with Gasteiger partial charge in [0.05, 0.1) is 10.6 Å². The van der Waals surface area contributed by atoms with Gasteiger partial charge in [0.15, 0.2) is 0 Å². The zero-order chi connectivity index (χ0) is 17.2. The minimum atomic E-state index is -0.813. The summed E-state index contributed by atoms with van der Waals surface area (Å²) < 4.78 is 1.23. The van der Waals surface area contributed by atoms with Crippen molar-refractivity contribution in [2.45, 2.75) is 24.9 Å². The van der Waals surface area contributed by atoms with Crippen LogP contribution in [0.5, 0.6) is 0 Å². The van der Waals surface area contributed by atoms with Crippen molar-refractivity contribution in [1.29, 1.82) is 0 Å². The average Bonchev–Trinajstić information content (AvgIpc) is 3.06. The normalized spacial score (nSPS) is 20.5. The van der Waals surface area contributed by atoms with Gasteiger partial charge >= 0.3 is 5.97 Å². The van der Waals surface area contributed by atoms with Crippen molar-refractivity contribution in [3.8, 4) is 10.6 Å². The molecule has 3 N–H and O–H groups in total. The molecular weight excluding hydrogens is 336 g/mol. The first-order chi connectivity index (χ1) is 12.2. The van der Waals surface area contributed by atoms with Gasteiger partial charge in [-0.05, 0) is 43.0 Å². The lowest BCUT2D eigenvalue weighted by atomic mass is 10.00. The number of aromatic nitrogens is 2. The van der Waals surface area contributed by atoms with Crippen LogP contribution in [0, 0.1) is 0 Å². The first-order valence-electron chi connectivity index (χ1n) is 8.24. The third-order valence-electron chi connectivity index (χ3n) is 4.37. The highest BCUT2D eigenvalue weighted by molar-refractivity contribution is 7.22. The first kappa shape index (κ1) is 16.0. The Hall–Kier alpha value is -2.51. The minimum Gasteiger partial charge on any atom is -0.480 e. The van der Waals surface area contributed by atoms with E-state index in [1.54, 1.807) is 17.5 Å². The Morgan fingerprint density at radius 3 is 3.04 bits per heavy atom. The number of anilines is 1. The Balaban J connectivity index is 1.54. The van der Waals surface area contributed by atoms with Crippen molar-refractivity contribution in [1.82, 2.24) is 15.3 Å². The van der Waals surface area contributed by atoms with Crippen LogP contribution in [-0.2, 0) is 4.79 Å². The third-order valence-corrected chi connectivity index (χ3v) is 5.51. The Morgan fingerprint density at radius 2 is 2.20 bits per heavy atom. The summed E-state index contributed by atoms with van der Waals surface area (Å²) in [5, 5.41) is 16.7. The number of rotatable bonds is 4. The average molecular weight is 354 g/mol. The van der Waals surface area contributed by atoms with Gasteiger partial charge in [0.1, 0.15) is 6.04 Å². The maximum absolute atomic E-state index is 11.2. The molecule has 1 aromatic carbocycles. The second-order valence-corrected chi connectivity index (χ2v) is 7.21. The third kappa shape index (κ3) is 3.47. The number of thiophene rings is 1. The molecule has 25 heavy (non-hydrogen) atoms. The predicted molar refractivity (Wildman–Crippen MR) is 98.9 cm³/mol. The molecule has 128 valence electrons. The number of hydrogen-bond donors (Lipinski definition) is 3. The fourth-order valence-corrected chi connectivity index (χ4v) is 4.13. The molecule has 0 saturated carbocycles. The molecular formula is C18H18N4O2S. The number of fused-ring (bicyclic) bond motifs is 1. The molecule has 1 fully saturated rings. The molecule has 1 aliphatic rings. The van der Waals surface area contributed by atoms with E-state index < -0.39 is 12.0 Å². The second kappa shape index (κ2) is 6.78. The molecule has 1 aliphatic heterocycles. The molecule has 0 bridgehead atoms. The Bertz CT molecular complexity index is 878. The monoisotopic (exact) mass is 354 g/mol. The number of hydrogen-bond acceptors (Lipinski definition) is 6. The number of piperidine rings is 1. The molecule has 0 spiro atoms. The molecule has 0 radical (unpaired) electrons. The van der Waals surface area contributed by atoms with Crippen molar-refractivity contribution in [3.05, 3.63) is 42.6 Å². The van der Waals surface area contributed by atoms with Gasteiger partial charge in [0, 0.05) is 16.9 Å². The van der Waals surface area contributed by atoms with Gasteiger partial charge in [-0.2, -0.15) is 0 Å². The van der Waals surface area contributed by atoms with Crippen LogP contribution in [0.2, 0.25) is 0 Å². The number of benzene rings is 1. The molecule has 3 heterocycles. The van der Waals surface area contributed by atoms with E-state index in [0.29, 0.717) is 18.9 Å². The molecule has 1 saturated heterocycles. The lowest BCUT2D eigenvalue weighted by molar-refractivity contribution is -0.140. The molecule has 4 rings (SSSR count). The van der Waals surface area contributed by atoms with Crippen LogP contribution in [0.4, 0.5) is 5.95 Å². The van der Waals surface area contributed by atoms with E-state index in [1.807, 2.05) is 18.2 Å². The topological polar surface area (TPSA) is 87.1 Å². The largest absolute Gasteiger partial charge is 0.480 e. The molecule has 2 aromatic heterocycles. The second-order valence-electron chi connectivity index (χ2n) is 6.12. The maximum Gasteiger partial charge on any atom is 0.320 e. The minimum absolute atomic E-state index is 0.0556. The Morgan fingerprint density at radius 1 is 1.32 bits per heavy atom. The van der Waals surface area contributed by atoms with Crippen molar-refractivity contribution in [2.75, 3.05) is 11.9 Å². The summed E-state index contributed by atoms with van der Waals surface area (Å²) in [6, 6.07) is 11.8. The van der Waals surface area contributed by atoms with Gasteiger partial charge in [0.25, 0.3) is 0 Å². The van der Waals surface area contributed by atoms with E-state index in [0.717, 1.165) is 17.0 Å². The highest BCUT2D eigenvalue weighted by Gasteiger charge is 2.26. The number of carboxylic acid groups (broad SMARTS) is 1. The van der Waals surface area contributed by atoms with Gasteiger partial charge in [-0.15, -0.1) is 11.3 Å². The summed E-state index contributed by atoms with van der Waals surface area (Å²) in [7, 11) is 0. The molecule has 3 aromatic rings. The predicted octanol–water partition coefficient (Wildman–Crippen LogP) is 2.98. The molecule has 2 atom stereocenters. The van der Waals surface area contributed by atoms with Crippen LogP contribution in [0.15, 0.2) is 42.6 Å². The van der Waals surface area contributed by atoms with Crippen molar-refractivity contribution in [2.24, 2.45) is 0 Å². The summed E-state index contributed by atoms with van der Waals surface area (Å²) >= 11 is 1.70. The van der Waals surface area contributed by atoms with E-state index in [2.05, 4.69) is 38.8 Å². The van der Waals surface area contributed by atoms with Gasteiger partial charge < -0.3 is 15.7 Å². The highest BCUT2D eigenvalue weighted by Crippen LogP contribution is 2.32. The SMILES string of the molecule is O=C(O)[C@H]1C[C@H](Nc2nccc(-c3cc4ccccc4s3)n2)CCN1. The van der Waals surface area contributed by atoms with Crippen LogP contribution < -0.4 is 10.6 Å². The summed E-state index contributed by atoms with van der Waals surface area (Å²) in [5.74, 6) is -0.266. The molecule has 0 unspecified atom stereocenters. The summed E-state index contributed by atoms with van der Waals surface area (Å²) in [6.45, 7) is 0.671. The summed E-state index contributed by atoms with van der Waals surface area (Å²) in [6.07, 6.45) is 3.11. The summed E-state index contributed by atoms with van der Waals surface area (Å²) in [4.78, 5) is 21.2. The van der Waals surface area contributed by atoms with Crippen molar-refractivity contribution in [3.63, 3.8) is 0 Å². The molecule has 0 aliphatic carbocycles. The Labute approximate surface area is 148 Å². The van der Waals surface area contributed by atoms with Gasteiger partial charge in [-0.1, -0.05) is 18.2 Å². The summed E-state index contributed by atoms with van der Waals surface area (Å²) in [5.41, 5.74) is 0.877. The fraction of sp³-hybridized carbons (Fsp3) is 0.278. The van der Waals surface area contributed by atoms with Crippen LogP contribution in [0.1, 0.15) is 12.8 Å². The lowest BCUT2D eigenvalue weighted by Gasteiger charge is -2.28. The Kier molecular flexibility index (Phi) is 4.33. The first-order valence-corrected chi connectivity index (χ1v) is 9.05. The van der Waals surface area contributed by atoms with Gasteiger partial charge in [-0.25, -0.2) is 9.97 Å². The van der Waals surface area contributed by atoms with E-state index in [4.69, 9.17) is 5.11 Å². The van der Waals surface area contributed by atoms with E-state index in [1.165, 1.54) is 10.1 Å². The zero-order valence-electron chi connectivity index (χ0n) is 13.5. The van der Waals surface area contributed by atoms with E-state index >= 15 is 0 Å². The highest BCUT2D eigenvalue weighted by atomic mass is 32.1. The number of nitrogens with one attached hydrogen (secondary N) is 2. The number of aliphatic carboxylic acids is 1. The van der Waals surface area contributed by atoms with Gasteiger partial charge in [0.2, 0.25) is 5.95 Å². The van der Waals surface area contributed by atoms with Crippen molar-refractivity contribution < 1.29 is 9.90 Å². The number of carboxylic acids is 1. The standard InChI is InChI=1S/C18H18N4O2S/c23-17(24)14-10-12(5-7-19-14)21-18-20-8-6-13(22-18)16-9-11-3-1-2-4-15(11)25-16/h1-4,6,8-9,12,14,19H,5,7,10H2,(H,23,24)(H,20,21,22)/t12-,14-/m1/s1. The molecule has 6 nitrogen and oxygen atoms in total.